The second-order valence-corrected chi connectivity index (χ2v) is 7.10. The molecule has 0 saturated heterocycles. The Morgan fingerprint density at radius 3 is 2.63 bits per heavy atom. The van der Waals surface area contributed by atoms with Crippen molar-refractivity contribution >= 4 is 33.8 Å². The molecule has 7 nitrogen and oxygen atoms in total. The van der Waals surface area contributed by atoms with Crippen LogP contribution in [0.15, 0.2) is 45.4 Å². The van der Waals surface area contributed by atoms with E-state index in [0.717, 1.165) is 5.56 Å². The molecular formula is C21H18BrFN2O5. The van der Waals surface area contributed by atoms with Gasteiger partial charge >= 0.3 is 5.69 Å². The van der Waals surface area contributed by atoms with Crippen molar-refractivity contribution in [1.82, 2.24) is 5.16 Å². The number of benzene rings is 2. The van der Waals surface area contributed by atoms with Crippen LogP contribution >= 0.6 is 15.9 Å². The summed E-state index contributed by atoms with van der Waals surface area (Å²) in [7, 11) is 0. The molecular weight excluding hydrogens is 459 g/mol. The fourth-order valence-corrected chi connectivity index (χ4v) is 3.28. The molecule has 0 aliphatic carbocycles. The van der Waals surface area contributed by atoms with Crippen LogP contribution in [0.5, 0.6) is 11.5 Å². The van der Waals surface area contributed by atoms with E-state index in [9.17, 15) is 14.5 Å². The lowest BCUT2D eigenvalue weighted by Gasteiger charge is -2.15. The fourth-order valence-electron chi connectivity index (χ4n) is 2.71. The maximum atomic E-state index is 13.1. The van der Waals surface area contributed by atoms with E-state index in [0.29, 0.717) is 28.1 Å². The van der Waals surface area contributed by atoms with Crippen LogP contribution in [0, 0.1) is 22.9 Å². The second kappa shape index (κ2) is 9.53. The molecule has 0 aliphatic heterocycles. The maximum absolute atomic E-state index is 13.1. The van der Waals surface area contributed by atoms with Crippen LogP contribution in [0.3, 0.4) is 0 Å². The summed E-state index contributed by atoms with van der Waals surface area (Å²) in [6, 6.07) is 9.57. The Balaban J connectivity index is 1.85. The van der Waals surface area contributed by atoms with E-state index in [1.54, 1.807) is 30.3 Å². The molecule has 3 aromatic rings. The van der Waals surface area contributed by atoms with Crippen LogP contribution < -0.4 is 9.47 Å². The zero-order valence-electron chi connectivity index (χ0n) is 16.2. The molecule has 156 valence electrons. The Bertz CT molecular complexity index is 1080. The van der Waals surface area contributed by atoms with Gasteiger partial charge in [-0.1, -0.05) is 23.4 Å². The molecule has 1 heterocycles. The third-order valence-electron chi connectivity index (χ3n) is 4.09. The van der Waals surface area contributed by atoms with E-state index in [-0.39, 0.29) is 29.6 Å². The first kappa shape index (κ1) is 21.5. The topological polar surface area (TPSA) is 87.6 Å². The molecule has 0 saturated carbocycles. The zero-order valence-corrected chi connectivity index (χ0v) is 17.8. The van der Waals surface area contributed by atoms with Gasteiger partial charge in [0, 0.05) is 0 Å². The van der Waals surface area contributed by atoms with Crippen molar-refractivity contribution in [3.05, 3.63) is 79.4 Å². The van der Waals surface area contributed by atoms with Crippen molar-refractivity contribution in [1.29, 1.82) is 0 Å². The van der Waals surface area contributed by atoms with Gasteiger partial charge < -0.3 is 14.0 Å². The Morgan fingerprint density at radius 1 is 1.23 bits per heavy atom. The highest BCUT2D eigenvalue weighted by atomic mass is 79.9. The number of nitrogens with zero attached hydrogens (tertiary/aromatic N) is 2. The minimum atomic E-state index is -0.528. The maximum Gasteiger partial charge on any atom is 0.338 e. The number of rotatable bonds is 8. The molecule has 0 atom stereocenters. The summed E-state index contributed by atoms with van der Waals surface area (Å²) in [6.07, 6.45) is 3.14. The first-order valence-corrected chi connectivity index (χ1v) is 9.80. The van der Waals surface area contributed by atoms with Crippen LogP contribution in [0.2, 0.25) is 0 Å². The first-order valence-electron chi connectivity index (χ1n) is 9.01. The van der Waals surface area contributed by atoms with Gasteiger partial charge in [0.05, 0.1) is 16.0 Å². The monoisotopic (exact) mass is 476 g/mol. The molecule has 3 rings (SSSR count). The van der Waals surface area contributed by atoms with Gasteiger partial charge in [-0.15, -0.1) is 0 Å². The number of ether oxygens (including phenoxy) is 2. The van der Waals surface area contributed by atoms with Crippen LogP contribution in [0.4, 0.5) is 10.1 Å². The first-order chi connectivity index (χ1) is 14.4. The Hall–Kier alpha value is -3.20. The van der Waals surface area contributed by atoms with E-state index in [1.807, 2.05) is 6.92 Å². The van der Waals surface area contributed by atoms with E-state index < -0.39 is 4.92 Å². The van der Waals surface area contributed by atoms with Crippen molar-refractivity contribution in [2.75, 3.05) is 6.61 Å². The van der Waals surface area contributed by atoms with Gasteiger partial charge in [0.15, 0.2) is 17.2 Å². The van der Waals surface area contributed by atoms with Crippen molar-refractivity contribution < 1.29 is 23.3 Å². The zero-order chi connectivity index (χ0) is 21.7. The molecule has 0 N–H and O–H groups in total. The van der Waals surface area contributed by atoms with Crippen LogP contribution in [0.1, 0.15) is 29.5 Å². The summed E-state index contributed by atoms with van der Waals surface area (Å²) < 4.78 is 30.3. The van der Waals surface area contributed by atoms with Gasteiger partial charge in [-0.3, -0.25) is 10.1 Å². The lowest BCUT2D eigenvalue weighted by molar-refractivity contribution is -0.386. The summed E-state index contributed by atoms with van der Waals surface area (Å²) in [6.45, 7) is 4.01. The SMILES string of the molecule is CCOc1cc(/C=C/c2onc(C)c2[N+](=O)[O-])cc(Br)c1OCc1ccc(F)cc1. The van der Waals surface area contributed by atoms with Gasteiger partial charge in [0.2, 0.25) is 5.76 Å². The Kier molecular flexibility index (Phi) is 6.83. The number of aryl methyl sites for hydroxylation is 1. The fraction of sp³-hybridized carbons (Fsp3) is 0.190. The van der Waals surface area contributed by atoms with Crippen molar-refractivity contribution in [3.8, 4) is 11.5 Å². The normalized spacial score (nSPS) is 11.1. The van der Waals surface area contributed by atoms with E-state index in [2.05, 4.69) is 21.1 Å². The second-order valence-electron chi connectivity index (χ2n) is 6.25. The molecule has 0 spiro atoms. The van der Waals surface area contributed by atoms with Gasteiger partial charge in [-0.25, -0.2) is 4.39 Å². The molecule has 2 aromatic carbocycles. The molecule has 0 aliphatic rings. The van der Waals surface area contributed by atoms with E-state index in [4.69, 9.17) is 14.0 Å². The summed E-state index contributed by atoms with van der Waals surface area (Å²) in [4.78, 5) is 10.6. The lowest BCUT2D eigenvalue weighted by Crippen LogP contribution is -2.01. The van der Waals surface area contributed by atoms with E-state index in [1.165, 1.54) is 25.1 Å². The predicted octanol–water partition coefficient (Wildman–Crippen LogP) is 5.94. The van der Waals surface area contributed by atoms with Crippen LogP contribution in [-0.4, -0.2) is 16.7 Å². The standard InChI is InChI=1S/C21H18BrFN2O5/c1-3-28-19-11-15(6-9-18-20(25(26)27)13(2)24-30-18)10-17(22)21(19)29-12-14-4-7-16(23)8-5-14/h4-11H,3,12H2,1-2H3/b9-6+. The van der Waals surface area contributed by atoms with Crippen molar-refractivity contribution in [3.63, 3.8) is 0 Å². The van der Waals surface area contributed by atoms with Gasteiger partial charge in [-0.2, -0.15) is 0 Å². The molecule has 30 heavy (non-hydrogen) atoms. The van der Waals surface area contributed by atoms with Crippen molar-refractivity contribution in [2.45, 2.75) is 20.5 Å². The predicted molar refractivity (Wildman–Crippen MR) is 113 cm³/mol. The number of hydrogen-bond donors (Lipinski definition) is 0. The number of nitro groups is 1. The minimum absolute atomic E-state index is 0.0585. The highest BCUT2D eigenvalue weighted by molar-refractivity contribution is 9.10. The lowest BCUT2D eigenvalue weighted by atomic mass is 10.1. The van der Waals surface area contributed by atoms with Crippen LogP contribution in [-0.2, 0) is 6.61 Å². The highest BCUT2D eigenvalue weighted by Gasteiger charge is 2.22. The van der Waals surface area contributed by atoms with Crippen LogP contribution in [0.25, 0.3) is 12.2 Å². The average Bonchev–Trinajstić information content (AvgIpc) is 3.08. The molecule has 1 aromatic heterocycles. The summed E-state index contributed by atoms with van der Waals surface area (Å²) in [5, 5.41) is 14.8. The molecule has 0 amide bonds. The molecule has 0 fully saturated rings. The average molecular weight is 477 g/mol. The van der Waals surface area contributed by atoms with Crippen molar-refractivity contribution in [2.24, 2.45) is 0 Å². The highest BCUT2D eigenvalue weighted by Crippen LogP contribution is 2.38. The van der Waals surface area contributed by atoms with E-state index >= 15 is 0 Å². The Morgan fingerprint density at radius 2 is 1.97 bits per heavy atom. The molecule has 0 bridgehead atoms. The summed E-state index contributed by atoms with van der Waals surface area (Å²) in [5.74, 6) is 0.744. The summed E-state index contributed by atoms with van der Waals surface area (Å²) >= 11 is 3.48. The number of aromatic nitrogens is 1. The van der Waals surface area contributed by atoms with Gasteiger partial charge in [0.1, 0.15) is 12.4 Å². The smallest absolute Gasteiger partial charge is 0.338 e. The third-order valence-corrected chi connectivity index (χ3v) is 4.68. The quantitative estimate of drug-likeness (QED) is 0.295. The number of halogens is 2. The molecule has 9 heteroatoms. The van der Waals surface area contributed by atoms with Gasteiger partial charge in [0.25, 0.3) is 0 Å². The van der Waals surface area contributed by atoms with Gasteiger partial charge in [-0.05, 0) is 71.2 Å². The largest absolute Gasteiger partial charge is 0.490 e. The Labute approximate surface area is 180 Å². The molecule has 0 radical (unpaired) electrons. The minimum Gasteiger partial charge on any atom is -0.490 e. The number of hydrogen-bond acceptors (Lipinski definition) is 6. The molecule has 0 unspecified atom stereocenters. The summed E-state index contributed by atoms with van der Waals surface area (Å²) in [5.41, 5.74) is 1.56. The third kappa shape index (κ3) is 5.04.